The Labute approximate surface area is 158 Å². The van der Waals surface area contributed by atoms with Gasteiger partial charge in [0.15, 0.2) is 0 Å². The number of pyridine rings is 1. The van der Waals surface area contributed by atoms with Crippen LogP contribution in [0.15, 0.2) is 47.3 Å². The number of carbonyl (C=O) groups is 1. The number of rotatable bonds is 3. The predicted octanol–water partition coefficient (Wildman–Crippen LogP) is 3.58. The van der Waals surface area contributed by atoms with E-state index in [1.165, 1.54) is 12.1 Å². The first-order valence-corrected chi connectivity index (χ1v) is 9.02. The average Bonchev–Trinajstić information content (AvgIpc) is 3.04. The van der Waals surface area contributed by atoms with Crippen molar-refractivity contribution in [2.75, 3.05) is 6.54 Å². The van der Waals surface area contributed by atoms with Crippen LogP contribution in [0.4, 0.5) is 4.39 Å². The maximum Gasteiger partial charge on any atom is 0.256 e. The molecule has 3 aromatic rings. The fourth-order valence-corrected chi connectivity index (χ4v) is 3.59. The Balaban J connectivity index is 1.68. The summed E-state index contributed by atoms with van der Waals surface area (Å²) in [6.45, 7) is 0.899. The normalized spacial score (nSPS) is 13.8. The molecule has 0 spiro atoms. The molecule has 1 amide bonds. The van der Waals surface area contributed by atoms with Gasteiger partial charge >= 0.3 is 0 Å². The Morgan fingerprint density at radius 3 is 2.85 bits per heavy atom. The summed E-state index contributed by atoms with van der Waals surface area (Å²) >= 11 is 3.37. The van der Waals surface area contributed by atoms with E-state index in [0.717, 1.165) is 26.9 Å². The quantitative estimate of drug-likeness (QED) is 0.657. The van der Waals surface area contributed by atoms with E-state index in [4.69, 9.17) is 0 Å². The van der Waals surface area contributed by atoms with Crippen molar-refractivity contribution in [1.82, 2.24) is 19.7 Å². The number of nitrogens with zero attached hydrogens (tertiary/aromatic N) is 4. The Hall–Kier alpha value is -2.54. The highest BCUT2D eigenvalue weighted by molar-refractivity contribution is 9.10. The van der Waals surface area contributed by atoms with Crippen molar-refractivity contribution in [3.8, 4) is 11.1 Å². The van der Waals surface area contributed by atoms with Crippen LogP contribution < -0.4 is 0 Å². The minimum atomic E-state index is -0.318. The minimum absolute atomic E-state index is 0.0820. The number of carbonyl (C=O) groups excluding carboxylic acids is 1. The summed E-state index contributed by atoms with van der Waals surface area (Å²) in [5.41, 5.74) is 3.95. The molecule has 0 fully saturated rings. The standard InChI is InChI=1S/C19H16BrFN4O/c1-24-10-13(8-23-24)16-3-2-15(21)6-12(16)11-25-5-4-18-17(19(25)26)7-14(20)9-22-18/h2-3,6-10H,4-5,11H2,1H3. The molecule has 0 saturated carbocycles. The second-order valence-corrected chi connectivity index (χ2v) is 7.24. The van der Waals surface area contributed by atoms with Gasteiger partial charge in [-0.25, -0.2) is 4.39 Å². The van der Waals surface area contributed by atoms with Crippen LogP contribution in [0, 0.1) is 5.82 Å². The number of benzene rings is 1. The fraction of sp³-hybridized carbons (Fsp3) is 0.211. The van der Waals surface area contributed by atoms with E-state index in [0.29, 0.717) is 25.1 Å². The van der Waals surface area contributed by atoms with Crippen molar-refractivity contribution in [3.05, 3.63) is 70.0 Å². The third kappa shape index (κ3) is 3.14. The summed E-state index contributed by atoms with van der Waals surface area (Å²) in [5.74, 6) is -0.400. The second-order valence-electron chi connectivity index (χ2n) is 6.33. The molecule has 132 valence electrons. The van der Waals surface area contributed by atoms with Crippen LogP contribution in [0.2, 0.25) is 0 Å². The molecule has 2 aromatic heterocycles. The van der Waals surface area contributed by atoms with Crippen LogP contribution in [-0.2, 0) is 20.0 Å². The van der Waals surface area contributed by atoms with Gasteiger partial charge in [0.1, 0.15) is 5.82 Å². The Kier molecular flexibility index (Phi) is 4.32. The Morgan fingerprint density at radius 2 is 2.08 bits per heavy atom. The molecular formula is C19H16BrFN4O. The molecule has 3 heterocycles. The number of hydrogen-bond acceptors (Lipinski definition) is 3. The lowest BCUT2D eigenvalue weighted by atomic mass is 9.99. The van der Waals surface area contributed by atoms with Crippen LogP contribution in [-0.4, -0.2) is 32.1 Å². The highest BCUT2D eigenvalue weighted by Gasteiger charge is 2.26. The number of amides is 1. The first-order chi connectivity index (χ1) is 12.5. The molecule has 0 radical (unpaired) electrons. The highest BCUT2D eigenvalue weighted by atomic mass is 79.9. The molecule has 0 aliphatic carbocycles. The highest BCUT2D eigenvalue weighted by Crippen LogP contribution is 2.28. The first-order valence-electron chi connectivity index (χ1n) is 8.22. The van der Waals surface area contributed by atoms with Crippen LogP contribution >= 0.6 is 15.9 Å². The molecule has 5 nitrogen and oxygen atoms in total. The van der Waals surface area contributed by atoms with Crippen molar-refractivity contribution in [2.24, 2.45) is 7.05 Å². The lowest BCUT2D eigenvalue weighted by Crippen LogP contribution is -2.37. The molecule has 26 heavy (non-hydrogen) atoms. The van der Waals surface area contributed by atoms with Crippen molar-refractivity contribution in [3.63, 3.8) is 0 Å². The molecule has 7 heteroatoms. The predicted molar refractivity (Wildman–Crippen MR) is 99.0 cm³/mol. The van der Waals surface area contributed by atoms with E-state index >= 15 is 0 Å². The smallest absolute Gasteiger partial charge is 0.256 e. The molecule has 0 atom stereocenters. The fourth-order valence-electron chi connectivity index (χ4n) is 3.26. The molecule has 0 bridgehead atoms. The number of hydrogen-bond donors (Lipinski definition) is 0. The SMILES string of the molecule is Cn1cc(-c2ccc(F)cc2CN2CCc3ncc(Br)cc3C2=O)cn1. The van der Waals surface area contributed by atoms with Crippen molar-refractivity contribution >= 4 is 21.8 Å². The molecule has 0 unspecified atom stereocenters. The van der Waals surface area contributed by atoms with E-state index in [1.54, 1.807) is 34.1 Å². The van der Waals surface area contributed by atoms with Gasteiger partial charge in [-0.05, 0) is 45.3 Å². The zero-order valence-electron chi connectivity index (χ0n) is 14.1. The molecule has 0 saturated heterocycles. The van der Waals surface area contributed by atoms with Crippen molar-refractivity contribution < 1.29 is 9.18 Å². The van der Waals surface area contributed by atoms with Crippen molar-refractivity contribution in [1.29, 1.82) is 0 Å². The van der Waals surface area contributed by atoms with Crippen LogP contribution in [0.5, 0.6) is 0 Å². The summed E-state index contributed by atoms with van der Waals surface area (Å²) in [7, 11) is 1.84. The van der Waals surface area contributed by atoms with Crippen LogP contribution in [0.25, 0.3) is 11.1 Å². The number of aryl methyl sites for hydroxylation is 1. The molecule has 1 aliphatic rings. The van der Waals surface area contributed by atoms with Crippen LogP contribution in [0.1, 0.15) is 21.6 Å². The van der Waals surface area contributed by atoms with E-state index in [9.17, 15) is 9.18 Å². The van der Waals surface area contributed by atoms with E-state index < -0.39 is 0 Å². The van der Waals surface area contributed by atoms with Gasteiger partial charge in [-0.1, -0.05) is 6.07 Å². The molecule has 0 N–H and O–H groups in total. The zero-order chi connectivity index (χ0) is 18.3. The van der Waals surface area contributed by atoms with Gasteiger partial charge in [-0.15, -0.1) is 0 Å². The van der Waals surface area contributed by atoms with Gasteiger partial charge in [0, 0.05) is 49.0 Å². The summed E-state index contributed by atoms with van der Waals surface area (Å²) in [6.07, 6.45) is 6.01. The third-order valence-electron chi connectivity index (χ3n) is 4.52. The summed E-state index contributed by atoms with van der Waals surface area (Å²) in [4.78, 5) is 18.9. The minimum Gasteiger partial charge on any atom is -0.334 e. The topological polar surface area (TPSA) is 51.0 Å². The average molecular weight is 415 g/mol. The molecule has 1 aromatic carbocycles. The number of fused-ring (bicyclic) bond motifs is 1. The monoisotopic (exact) mass is 414 g/mol. The van der Waals surface area contributed by atoms with Crippen molar-refractivity contribution in [2.45, 2.75) is 13.0 Å². The molecule has 1 aliphatic heterocycles. The van der Waals surface area contributed by atoms with Gasteiger partial charge < -0.3 is 4.90 Å². The lowest BCUT2D eigenvalue weighted by Gasteiger charge is -2.28. The summed E-state index contributed by atoms with van der Waals surface area (Å²) < 4.78 is 16.3. The number of aromatic nitrogens is 3. The lowest BCUT2D eigenvalue weighted by molar-refractivity contribution is 0.0725. The first kappa shape index (κ1) is 16.9. The summed E-state index contributed by atoms with van der Waals surface area (Å²) in [6, 6.07) is 6.46. The van der Waals surface area contributed by atoms with Gasteiger partial charge in [0.05, 0.1) is 17.5 Å². The maximum absolute atomic E-state index is 13.9. The summed E-state index contributed by atoms with van der Waals surface area (Å²) in [5, 5.41) is 4.19. The van der Waals surface area contributed by atoms with Gasteiger partial charge in [0.2, 0.25) is 0 Å². The second kappa shape index (κ2) is 6.64. The Morgan fingerprint density at radius 1 is 1.23 bits per heavy atom. The van der Waals surface area contributed by atoms with Gasteiger partial charge in [-0.3, -0.25) is 14.5 Å². The third-order valence-corrected chi connectivity index (χ3v) is 4.95. The van der Waals surface area contributed by atoms with E-state index in [1.807, 2.05) is 13.2 Å². The largest absolute Gasteiger partial charge is 0.334 e. The Bertz CT molecular complexity index is 1000. The molecular weight excluding hydrogens is 399 g/mol. The van der Waals surface area contributed by atoms with Gasteiger partial charge in [-0.2, -0.15) is 5.10 Å². The zero-order valence-corrected chi connectivity index (χ0v) is 15.7. The molecule has 4 rings (SSSR count). The van der Waals surface area contributed by atoms with E-state index in [2.05, 4.69) is 26.0 Å². The van der Waals surface area contributed by atoms with E-state index in [-0.39, 0.29) is 11.7 Å². The van der Waals surface area contributed by atoms with Gasteiger partial charge in [0.25, 0.3) is 5.91 Å². The van der Waals surface area contributed by atoms with Crippen LogP contribution in [0.3, 0.4) is 0 Å². The maximum atomic E-state index is 13.9. The number of halogens is 2.